The number of nitrogens with two attached hydrogens (primary N) is 1. The number of aliphatic imine (C=N–C) groups is 1. The van der Waals surface area contributed by atoms with Crippen LogP contribution in [0.5, 0.6) is 0 Å². The van der Waals surface area contributed by atoms with E-state index in [1.54, 1.807) is 21.3 Å². The molecule has 0 bridgehead atoms. The van der Waals surface area contributed by atoms with Gasteiger partial charge in [0, 0.05) is 13.0 Å². The number of ether oxygens (including phenoxy) is 2. The summed E-state index contributed by atoms with van der Waals surface area (Å²) in [6, 6.07) is 8.19. The van der Waals surface area contributed by atoms with Crippen LogP contribution in [0.15, 0.2) is 52.9 Å². The second kappa shape index (κ2) is 6.86. The lowest BCUT2D eigenvalue weighted by Crippen LogP contribution is -2.47. The van der Waals surface area contributed by atoms with E-state index in [9.17, 15) is 4.79 Å². The van der Waals surface area contributed by atoms with Crippen molar-refractivity contribution in [1.82, 2.24) is 4.90 Å². The highest BCUT2D eigenvalue weighted by molar-refractivity contribution is 5.98. The van der Waals surface area contributed by atoms with Gasteiger partial charge in [0.1, 0.15) is 0 Å². The molecule has 0 saturated heterocycles. The van der Waals surface area contributed by atoms with Crippen molar-refractivity contribution >= 4 is 11.9 Å². The van der Waals surface area contributed by atoms with Gasteiger partial charge in [-0.3, -0.25) is 9.69 Å². The number of allylic oxidation sites excluding steroid dienone is 2. The predicted octanol–water partition coefficient (Wildman–Crippen LogP) is 2.63. The van der Waals surface area contributed by atoms with Gasteiger partial charge in [-0.15, -0.1) is 0 Å². The zero-order valence-electron chi connectivity index (χ0n) is 15.7. The number of benzene rings is 1. The molecule has 0 spiro atoms. The van der Waals surface area contributed by atoms with Gasteiger partial charge in [0.05, 0.1) is 26.2 Å². The standard InChI is InChI=1S/C20H25N3O3/c1-20(12-18(24)23(2)19(21)22-20)15-7-5-6-13(10-15)14-8-9-16(25-3)17(11-14)26-4/h5-7,9-11,14H,8,12H2,1-4H3,(H2,21,22). The summed E-state index contributed by atoms with van der Waals surface area (Å²) >= 11 is 0. The van der Waals surface area contributed by atoms with Gasteiger partial charge in [0.15, 0.2) is 17.5 Å². The number of methoxy groups -OCH3 is 2. The molecule has 2 atom stereocenters. The highest BCUT2D eigenvalue weighted by Crippen LogP contribution is 2.36. The molecule has 6 nitrogen and oxygen atoms in total. The van der Waals surface area contributed by atoms with Crippen LogP contribution in [-0.4, -0.2) is 38.0 Å². The molecule has 2 unspecified atom stereocenters. The lowest BCUT2D eigenvalue weighted by molar-refractivity contribution is -0.128. The van der Waals surface area contributed by atoms with Crippen molar-refractivity contribution in [3.63, 3.8) is 0 Å². The first kappa shape index (κ1) is 18.0. The summed E-state index contributed by atoms with van der Waals surface area (Å²) in [7, 11) is 4.93. The van der Waals surface area contributed by atoms with E-state index in [1.165, 1.54) is 4.90 Å². The van der Waals surface area contributed by atoms with Crippen molar-refractivity contribution < 1.29 is 14.3 Å². The monoisotopic (exact) mass is 355 g/mol. The number of hydrogen-bond acceptors (Lipinski definition) is 5. The molecule has 1 heterocycles. The van der Waals surface area contributed by atoms with E-state index in [0.29, 0.717) is 6.42 Å². The van der Waals surface area contributed by atoms with Crippen molar-refractivity contribution in [1.29, 1.82) is 0 Å². The Morgan fingerprint density at radius 2 is 2.00 bits per heavy atom. The smallest absolute Gasteiger partial charge is 0.231 e. The maximum absolute atomic E-state index is 12.2. The minimum Gasteiger partial charge on any atom is -0.493 e. The van der Waals surface area contributed by atoms with Crippen LogP contribution in [0.1, 0.15) is 36.8 Å². The Balaban J connectivity index is 1.94. The SMILES string of the molecule is COC1=CCC(c2cccc(C3(C)CC(=O)N(C)C(N)=N3)c2)C=C1OC. The fourth-order valence-corrected chi connectivity index (χ4v) is 3.43. The van der Waals surface area contributed by atoms with Crippen LogP contribution in [0.4, 0.5) is 0 Å². The van der Waals surface area contributed by atoms with Crippen LogP contribution in [0.25, 0.3) is 0 Å². The normalized spacial score (nSPS) is 26.0. The first-order valence-electron chi connectivity index (χ1n) is 8.60. The van der Waals surface area contributed by atoms with Gasteiger partial charge >= 0.3 is 0 Å². The molecule has 6 heteroatoms. The van der Waals surface area contributed by atoms with Gasteiger partial charge in [-0.05, 0) is 36.6 Å². The summed E-state index contributed by atoms with van der Waals surface area (Å²) in [6.45, 7) is 1.95. The highest BCUT2D eigenvalue weighted by atomic mass is 16.5. The average Bonchev–Trinajstić information content (AvgIpc) is 2.65. The van der Waals surface area contributed by atoms with Crippen molar-refractivity contribution in [2.45, 2.75) is 31.2 Å². The maximum Gasteiger partial charge on any atom is 0.231 e. The molecule has 0 fully saturated rings. The molecule has 3 rings (SSSR count). The largest absolute Gasteiger partial charge is 0.493 e. The van der Waals surface area contributed by atoms with Gasteiger partial charge in [0.25, 0.3) is 0 Å². The molecule has 1 aliphatic carbocycles. The molecular weight excluding hydrogens is 330 g/mol. The second-order valence-corrected chi connectivity index (χ2v) is 6.85. The maximum atomic E-state index is 12.2. The quantitative estimate of drug-likeness (QED) is 0.901. The molecule has 0 radical (unpaired) electrons. The summed E-state index contributed by atoms with van der Waals surface area (Å²) in [4.78, 5) is 18.2. The molecule has 26 heavy (non-hydrogen) atoms. The number of carbonyl (C=O) groups excluding carboxylic acids is 1. The molecule has 138 valence electrons. The zero-order valence-corrected chi connectivity index (χ0v) is 15.7. The van der Waals surface area contributed by atoms with E-state index in [0.717, 1.165) is 29.1 Å². The van der Waals surface area contributed by atoms with Crippen LogP contribution in [-0.2, 0) is 19.8 Å². The van der Waals surface area contributed by atoms with E-state index in [-0.39, 0.29) is 17.8 Å². The van der Waals surface area contributed by atoms with Crippen molar-refractivity contribution in [3.8, 4) is 0 Å². The third-order valence-electron chi connectivity index (χ3n) is 5.10. The summed E-state index contributed by atoms with van der Waals surface area (Å²) in [5, 5.41) is 0. The van der Waals surface area contributed by atoms with Crippen LogP contribution < -0.4 is 5.73 Å². The lowest BCUT2D eigenvalue weighted by atomic mass is 9.83. The van der Waals surface area contributed by atoms with Crippen LogP contribution in [0, 0.1) is 0 Å². The Labute approximate surface area is 154 Å². The van der Waals surface area contributed by atoms with Gasteiger partial charge in [-0.1, -0.05) is 24.3 Å². The third-order valence-corrected chi connectivity index (χ3v) is 5.10. The minimum atomic E-state index is -0.653. The van der Waals surface area contributed by atoms with Gasteiger partial charge < -0.3 is 15.2 Å². The van der Waals surface area contributed by atoms with Crippen molar-refractivity contribution in [2.24, 2.45) is 10.7 Å². The molecule has 1 aliphatic heterocycles. The van der Waals surface area contributed by atoms with Gasteiger partial charge in [-0.25, -0.2) is 4.99 Å². The third kappa shape index (κ3) is 3.19. The van der Waals surface area contributed by atoms with Crippen LogP contribution in [0.2, 0.25) is 0 Å². The van der Waals surface area contributed by atoms with E-state index in [4.69, 9.17) is 15.2 Å². The van der Waals surface area contributed by atoms with E-state index in [2.05, 4.69) is 23.2 Å². The second-order valence-electron chi connectivity index (χ2n) is 6.85. The van der Waals surface area contributed by atoms with E-state index in [1.807, 2.05) is 25.1 Å². The predicted molar refractivity (Wildman–Crippen MR) is 100 cm³/mol. The van der Waals surface area contributed by atoms with Gasteiger partial charge in [-0.2, -0.15) is 0 Å². The molecule has 0 saturated carbocycles. The van der Waals surface area contributed by atoms with Gasteiger partial charge in [0.2, 0.25) is 5.91 Å². The van der Waals surface area contributed by atoms with Crippen LogP contribution in [0.3, 0.4) is 0 Å². The number of guanidine groups is 1. The topological polar surface area (TPSA) is 77.2 Å². The zero-order chi connectivity index (χ0) is 18.9. The molecule has 2 aliphatic rings. The Kier molecular flexibility index (Phi) is 4.76. The summed E-state index contributed by atoms with van der Waals surface area (Å²) in [5.41, 5.74) is 7.41. The first-order valence-corrected chi connectivity index (χ1v) is 8.60. The summed E-state index contributed by atoms with van der Waals surface area (Å²) in [6.07, 6.45) is 5.22. The molecule has 0 aromatic heterocycles. The first-order chi connectivity index (χ1) is 12.4. The van der Waals surface area contributed by atoms with Crippen LogP contribution >= 0.6 is 0 Å². The molecule has 1 aromatic carbocycles. The fourth-order valence-electron chi connectivity index (χ4n) is 3.43. The number of amides is 1. The van der Waals surface area contributed by atoms with E-state index < -0.39 is 5.54 Å². The Morgan fingerprint density at radius 1 is 1.27 bits per heavy atom. The molecule has 2 N–H and O–H groups in total. The minimum absolute atomic E-state index is 0.0303. The number of hydrogen-bond donors (Lipinski definition) is 1. The highest BCUT2D eigenvalue weighted by Gasteiger charge is 2.36. The number of rotatable bonds is 4. The Morgan fingerprint density at radius 3 is 2.65 bits per heavy atom. The van der Waals surface area contributed by atoms with Crippen molar-refractivity contribution in [2.75, 3.05) is 21.3 Å². The number of nitrogens with zero attached hydrogens (tertiary/aromatic N) is 2. The van der Waals surface area contributed by atoms with Crippen molar-refractivity contribution in [3.05, 3.63) is 59.1 Å². The molecule has 1 aromatic rings. The fraction of sp³-hybridized carbons (Fsp3) is 0.400. The molecule has 1 amide bonds. The number of carbonyl (C=O) groups is 1. The average molecular weight is 355 g/mol. The summed E-state index contributed by atoms with van der Waals surface area (Å²) < 4.78 is 10.8. The lowest BCUT2D eigenvalue weighted by Gasteiger charge is -2.34. The van der Waals surface area contributed by atoms with E-state index >= 15 is 0 Å². The summed E-state index contributed by atoms with van der Waals surface area (Å²) in [5.74, 6) is 1.89. The molecular formula is C20H25N3O3. The Hall–Kier alpha value is -2.76. The Bertz CT molecular complexity index is 812.